The topological polar surface area (TPSA) is 51.2 Å². The molecule has 0 unspecified atom stereocenters. The van der Waals surface area contributed by atoms with Gasteiger partial charge in [-0.15, -0.1) is 0 Å². The molecule has 0 aliphatic carbocycles. The highest BCUT2D eigenvalue weighted by Gasteiger charge is 2.32. The van der Waals surface area contributed by atoms with Gasteiger partial charge in [-0.25, -0.2) is 12.8 Å². The summed E-state index contributed by atoms with van der Waals surface area (Å²) in [7, 11) is -3.61. The zero-order valence-electron chi connectivity index (χ0n) is 11.2. The third kappa shape index (κ3) is 2.69. The standard InChI is InChI=1S/C16H10ClFO3S/c17-12-4-5-15-14(8-12)16(19)11(9-22(15,20)21)6-10-2-1-3-13(18)7-10/h1-8H,9H2/b11-6+. The average molecular weight is 337 g/mol. The Labute approximate surface area is 132 Å². The normalized spacial score (nSPS) is 18.3. The molecular weight excluding hydrogens is 327 g/mol. The fourth-order valence-corrected chi connectivity index (χ4v) is 4.09. The van der Waals surface area contributed by atoms with Crippen LogP contribution in [-0.4, -0.2) is 20.0 Å². The van der Waals surface area contributed by atoms with Crippen molar-refractivity contribution in [1.29, 1.82) is 0 Å². The lowest BCUT2D eigenvalue weighted by atomic mass is 10.0. The van der Waals surface area contributed by atoms with Gasteiger partial charge in [0.25, 0.3) is 0 Å². The molecule has 0 bridgehead atoms. The number of sulfone groups is 1. The fourth-order valence-electron chi connectivity index (χ4n) is 2.38. The summed E-state index contributed by atoms with van der Waals surface area (Å²) in [6.45, 7) is 0. The van der Waals surface area contributed by atoms with Crippen LogP contribution in [-0.2, 0) is 9.84 Å². The van der Waals surface area contributed by atoms with Crippen LogP contribution in [0.1, 0.15) is 15.9 Å². The van der Waals surface area contributed by atoms with Crippen LogP contribution in [0.5, 0.6) is 0 Å². The van der Waals surface area contributed by atoms with Gasteiger partial charge < -0.3 is 0 Å². The quantitative estimate of drug-likeness (QED) is 0.748. The third-order valence-corrected chi connectivity index (χ3v) is 5.30. The first-order valence-corrected chi connectivity index (χ1v) is 8.43. The maximum Gasteiger partial charge on any atom is 0.191 e. The summed E-state index contributed by atoms with van der Waals surface area (Å²) < 4.78 is 37.8. The molecule has 0 radical (unpaired) electrons. The number of benzene rings is 2. The Balaban J connectivity index is 2.15. The summed E-state index contributed by atoms with van der Waals surface area (Å²) in [4.78, 5) is 12.4. The van der Waals surface area contributed by atoms with Crippen molar-refractivity contribution in [3.8, 4) is 0 Å². The molecule has 22 heavy (non-hydrogen) atoms. The minimum absolute atomic E-state index is 0.0155. The number of halogens is 2. The van der Waals surface area contributed by atoms with Gasteiger partial charge in [0.1, 0.15) is 5.82 Å². The fraction of sp³-hybridized carbons (Fsp3) is 0.0625. The molecule has 0 amide bonds. The van der Waals surface area contributed by atoms with Crippen molar-refractivity contribution in [2.45, 2.75) is 4.90 Å². The molecule has 6 heteroatoms. The molecule has 1 aliphatic heterocycles. The molecule has 1 aliphatic rings. The van der Waals surface area contributed by atoms with E-state index in [0.717, 1.165) is 0 Å². The number of rotatable bonds is 1. The molecule has 0 saturated carbocycles. The van der Waals surface area contributed by atoms with Crippen molar-refractivity contribution in [2.75, 3.05) is 5.75 Å². The Bertz CT molecular complexity index is 917. The van der Waals surface area contributed by atoms with Gasteiger partial charge in [-0.2, -0.15) is 0 Å². The summed E-state index contributed by atoms with van der Waals surface area (Å²) in [5.74, 6) is -1.27. The summed E-state index contributed by atoms with van der Waals surface area (Å²) >= 11 is 5.85. The SMILES string of the molecule is O=C1/C(=C/c2cccc(F)c2)CS(=O)(=O)c2ccc(Cl)cc21. The summed E-state index contributed by atoms with van der Waals surface area (Å²) in [6.07, 6.45) is 1.40. The van der Waals surface area contributed by atoms with Gasteiger partial charge in [-0.1, -0.05) is 23.7 Å². The number of hydrogen-bond donors (Lipinski definition) is 0. The van der Waals surface area contributed by atoms with E-state index in [2.05, 4.69) is 0 Å². The molecule has 0 N–H and O–H groups in total. The first-order chi connectivity index (χ1) is 10.4. The van der Waals surface area contributed by atoms with E-state index >= 15 is 0 Å². The van der Waals surface area contributed by atoms with E-state index in [1.54, 1.807) is 6.07 Å². The Morgan fingerprint density at radius 3 is 2.64 bits per heavy atom. The molecule has 0 atom stereocenters. The lowest BCUT2D eigenvalue weighted by Crippen LogP contribution is -2.24. The van der Waals surface area contributed by atoms with E-state index in [4.69, 9.17) is 11.6 Å². The van der Waals surface area contributed by atoms with E-state index in [1.807, 2.05) is 0 Å². The zero-order chi connectivity index (χ0) is 15.9. The number of fused-ring (bicyclic) bond motifs is 1. The number of carbonyl (C=O) groups is 1. The van der Waals surface area contributed by atoms with Crippen LogP contribution in [0.15, 0.2) is 52.9 Å². The summed E-state index contributed by atoms with van der Waals surface area (Å²) in [6, 6.07) is 9.72. The van der Waals surface area contributed by atoms with Crippen LogP contribution in [0.4, 0.5) is 4.39 Å². The number of Topliss-reactive ketones (excluding diaryl/α,β-unsaturated/α-hetero) is 1. The molecule has 0 aromatic heterocycles. The molecular formula is C16H10ClFO3S. The molecule has 0 fully saturated rings. The predicted octanol–water partition coefficient (Wildman–Crippen LogP) is 3.53. The Morgan fingerprint density at radius 2 is 1.91 bits per heavy atom. The highest BCUT2D eigenvalue weighted by atomic mass is 35.5. The van der Waals surface area contributed by atoms with Crippen LogP contribution in [0, 0.1) is 5.82 Å². The number of ketones is 1. The predicted molar refractivity (Wildman–Crippen MR) is 82.2 cm³/mol. The maximum atomic E-state index is 13.2. The highest BCUT2D eigenvalue weighted by Crippen LogP contribution is 2.31. The zero-order valence-corrected chi connectivity index (χ0v) is 12.8. The number of carbonyl (C=O) groups excluding carboxylic acids is 1. The van der Waals surface area contributed by atoms with Gasteiger partial charge >= 0.3 is 0 Å². The minimum Gasteiger partial charge on any atom is -0.289 e. The van der Waals surface area contributed by atoms with Crippen LogP contribution in [0.3, 0.4) is 0 Å². The molecule has 112 valence electrons. The molecule has 0 saturated heterocycles. The van der Waals surface area contributed by atoms with E-state index < -0.39 is 27.2 Å². The lowest BCUT2D eigenvalue weighted by molar-refractivity contribution is 0.103. The van der Waals surface area contributed by atoms with Crippen molar-refractivity contribution in [2.24, 2.45) is 0 Å². The van der Waals surface area contributed by atoms with Gasteiger partial charge in [-0.05, 0) is 42.0 Å². The molecule has 3 nitrogen and oxygen atoms in total. The second-order valence-corrected chi connectivity index (χ2v) is 7.35. The Morgan fingerprint density at radius 1 is 1.14 bits per heavy atom. The van der Waals surface area contributed by atoms with Crippen molar-refractivity contribution in [3.63, 3.8) is 0 Å². The summed E-state index contributed by atoms with van der Waals surface area (Å²) in [5, 5.41) is 0.286. The Kier molecular flexibility index (Phi) is 3.62. The van der Waals surface area contributed by atoms with E-state index in [-0.39, 0.29) is 21.1 Å². The molecule has 3 rings (SSSR count). The van der Waals surface area contributed by atoms with Crippen molar-refractivity contribution in [1.82, 2.24) is 0 Å². The van der Waals surface area contributed by atoms with Crippen LogP contribution in [0.2, 0.25) is 5.02 Å². The molecule has 0 spiro atoms. The van der Waals surface area contributed by atoms with Crippen molar-refractivity contribution >= 4 is 33.3 Å². The van der Waals surface area contributed by atoms with E-state index in [1.165, 1.54) is 42.5 Å². The minimum atomic E-state index is -3.61. The molecule has 2 aromatic carbocycles. The van der Waals surface area contributed by atoms with E-state index in [9.17, 15) is 17.6 Å². The van der Waals surface area contributed by atoms with Gasteiger partial charge in [0.15, 0.2) is 15.6 Å². The largest absolute Gasteiger partial charge is 0.289 e. The van der Waals surface area contributed by atoms with Gasteiger partial charge in [0.2, 0.25) is 0 Å². The van der Waals surface area contributed by atoms with Crippen LogP contribution >= 0.6 is 11.6 Å². The first kappa shape index (κ1) is 14.9. The van der Waals surface area contributed by atoms with Crippen molar-refractivity contribution < 1.29 is 17.6 Å². The smallest absolute Gasteiger partial charge is 0.191 e. The Hall–Kier alpha value is -1.98. The van der Waals surface area contributed by atoms with Crippen molar-refractivity contribution in [3.05, 3.63) is 70.0 Å². The second kappa shape index (κ2) is 5.34. The lowest BCUT2D eigenvalue weighted by Gasteiger charge is -2.18. The van der Waals surface area contributed by atoms with Gasteiger partial charge in [-0.3, -0.25) is 4.79 Å². The third-order valence-electron chi connectivity index (χ3n) is 3.35. The molecule has 2 aromatic rings. The van der Waals surface area contributed by atoms with E-state index in [0.29, 0.717) is 5.56 Å². The monoisotopic (exact) mass is 336 g/mol. The summed E-state index contributed by atoms with van der Waals surface area (Å²) in [5.41, 5.74) is 0.589. The van der Waals surface area contributed by atoms with Gasteiger partial charge in [0.05, 0.1) is 10.6 Å². The second-order valence-electron chi connectivity index (χ2n) is 4.95. The molecule has 1 heterocycles. The van der Waals surface area contributed by atoms with Crippen LogP contribution < -0.4 is 0 Å². The number of hydrogen-bond acceptors (Lipinski definition) is 3. The average Bonchev–Trinajstić information content (AvgIpc) is 2.44. The van der Waals surface area contributed by atoms with Crippen LogP contribution in [0.25, 0.3) is 6.08 Å². The maximum absolute atomic E-state index is 13.2. The first-order valence-electron chi connectivity index (χ1n) is 6.40. The van der Waals surface area contributed by atoms with Gasteiger partial charge in [0, 0.05) is 16.2 Å². The highest BCUT2D eigenvalue weighted by molar-refractivity contribution is 7.91.